The van der Waals surface area contributed by atoms with Crippen LogP contribution in [0.1, 0.15) is 5.56 Å². The molecule has 1 aromatic rings. The van der Waals surface area contributed by atoms with Crippen LogP contribution in [-0.4, -0.2) is 18.9 Å². The van der Waals surface area contributed by atoms with Crippen molar-refractivity contribution in [3.63, 3.8) is 0 Å². The predicted molar refractivity (Wildman–Crippen MR) is 49.4 cm³/mol. The highest BCUT2D eigenvalue weighted by Gasteiger charge is 2.03. The van der Waals surface area contributed by atoms with Gasteiger partial charge in [-0.05, 0) is 6.07 Å². The van der Waals surface area contributed by atoms with Crippen LogP contribution >= 0.6 is 11.6 Å². The molecule has 60 valence electrons. The van der Waals surface area contributed by atoms with Gasteiger partial charge in [-0.1, -0.05) is 34.4 Å². The molecule has 0 spiro atoms. The zero-order valence-electron chi connectivity index (χ0n) is 6.16. The molecule has 0 saturated heterocycles. The number of halogens is 1. The van der Waals surface area contributed by atoms with E-state index in [1.54, 1.807) is 12.1 Å². The number of benzene rings is 1. The number of hydrogen-bond donors (Lipinski definition) is 2. The molecule has 0 atom stereocenters. The summed E-state index contributed by atoms with van der Waals surface area (Å²) in [6.45, 7) is 0. The van der Waals surface area contributed by atoms with Crippen molar-refractivity contribution in [3.05, 3.63) is 28.8 Å². The van der Waals surface area contributed by atoms with Gasteiger partial charge >= 0.3 is 0 Å². The van der Waals surface area contributed by atoms with E-state index in [9.17, 15) is 0 Å². The van der Waals surface area contributed by atoms with Gasteiger partial charge in [0.25, 0.3) is 0 Å². The Kier molecular flexibility index (Phi) is 2.60. The van der Waals surface area contributed by atoms with Gasteiger partial charge in [0.15, 0.2) is 5.84 Å². The van der Waals surface area contributed by atoms with E-state index in [4.69, 9.17) is 30.4 Å². The normalized spacial score (nSPS) is 11.6. The lowest BCUT2D eigenvalue weighted by Gasteiger charge is -2.02. The van der Waals surface area contributed by atoms with Gasteiger partial charge in [-0.15, -0.1) is 0 Å². The molecule has 0 unspecified atom stereocenters. The van der Waals surface area contributed by atoms with E-state index in [2.05, 4.69) is 5.16 Å². The molecular formula is C7H6BClN2O. The van der Waals surface area contributed by atoms with E-state index in [1.165, 1.54) is 6.07 Å². The molecule has 5 heteroatoms. The molecule has 0 aliphatic heterocycles. The molecule has 0 bridgehead atoms. The van der Waals surface area contributed by atoms with E-state index >= 15 is 0 Å². The van der Waals surface area contributed by atoms with Crippen molar-refractivity contribution in [3.8, 4) is 0 Å². The minimum atomic E-state index is -0.0278. The maximum absolute atomic E-state index is 8.36. The maximum atomic E-state index is 8.36. The third-order valence-electron chi connectivity index (χ3n) is 1.38. The maximum Gasteiger partial charge on any atom is 0.171 e. The smallest absolute Gasteiger partial charge is 0.171 e. The number of amidine groups is 1. The summed E-state index contributed by atoms with van der Waals surface area (Å²) in [6, 6.07) is 4.75. The van der Waals surface area contributed by atoms with Crippen molar-refractivity contribution in [2.24, 2.45) is 10.9 Å². The van der Waals surface area contributed by atoms with Gasteiger partial charge < -0.3 is 10.9 Å². The predicted octanol–water partition coefficient (Wildman–Crippen LogP) is 0.228. The van der Waals surface area contributed by atoms with Crippen molar-refractivity contribution < 1.29 is 5.21 Å². The molecule has 3 nitrogen and oxygen atoms in total. The van der Waals surface area contributed by atoms with Gasteiger partial charge in [0.05, 0.1) is 5.02 Å². The molecule has 0 saturated carbocycles. The first-order valence-corrected chi connectivity index (χ1v) is 3.56. The molecule has 2 radical (unpaired) electrons. The Hall–Kier alpha value is -1.16. The molecule has 0 amide bonds. The summed E-state index contributed by atoms with van der Waals surface area (Å²) in [5.74, 6) is -0.0278. The Morgan fingerprint density at radius 1 is 1.58 bits per heavy atom. The van der Waals surface area contributed by atoms with E-state index in [0.717, 1.165) is 0 Å². The van der Waals surface area contributed by atoms with Crippen LogP contribution in [0.4, 0.5) is 0 Å². The standard InChI is InChI=1S/C7H6BClN2O/c8-4-1-2-5(6(9)3-4)7(10)11-12/h1-3,12H,(H2,10,11). The topological polar surface area (TPSA) is 58.6 Å². The zero-order chi connectivity index (χ0) is 9.14. The molecular weight excluding hydrogens is 174 g/mol. The number of hydrogen-bond acceptors (Lipinski definition) is 2. The summed E-state index contributed by atoms with van der Waals surface area (Å²) in [5.41, 5.74) is 6.32. The molecule has 12 heavy (non-hydrogen) atoms. The second-order valence-electron chi connectivity index (χ2n) is 2.22. The number of rotatable bonds is 1. The van der Waals surface area contributed by atoms with Gasteiger partial charge in [-0.3, -0.25) is 0 Å². The van der Waals surface area contributed by atoms with Crippen LogP contribution in [0.3, 0.4) is 0 Å². The van der Waals surface area contributed by atoms with E-state index in [0.29, 0.717) is 16.0 Å². The first kappa shape index (κ1) is 8.94. The summed E-state index contributed by atoms with van der Waals surface area (Å²) in [7, 11) is 5.44. The lowest BCUT2D eigenvalue weighted by atomic mass is 9.95. The fraction of sp³-hybridized carbons (Fsp3) is 0. The third-order valence-corrected chi connectivity index (χ3v) is 1.69. The zero-order valence-corrected chi connectivity index (χ0v) is 6.92. The van der Waals surface area contributed by atoms with Gasteiger partial charge in [0.2, 0.25) is 0 Å². The Morgan fingerprint density at radius 3 is 2.75 bits per heavy atom. The van der Waals surface area contributed by atoms with Crippen LogP contribution in [-0.2, 0) is 0 Å². The highest BCUT2D eigenvalue weighted by Crippen LogP contribution is 2.12. The van der Waals surface area contributed by atoms with E-state index in [1.807, 2.05) is 0 Å². The lowest BCUT2D eigenvalue weighted by molar-refractivity contribution is 0.318. The van der Waals surface area contributed by atoms with Crippen molar-refractivity contribution in [1.29, 1.82) is 0 Å². The van der Waals surface area contributed by atoms with Crippen LogP contribution in [0, 0.1) is 0 Å². The third kappa shape index (κ3) is 1.71. The van der Waals surface area contributed by atoms with Gasteiger partial charge in [0.1, 0.15) is 7.85 Å². The Morgan fingerprint density at radius 2 is 2.25 bits per heavy atom. The SMILES string of the molecule is [B]c1ccc(/C(N)=N/O)c(Cl)c1. The number of nitrogens with two attached hydrogens (primary N) is 1. The van der Waals surface area contributed by atoms with Crippen LogP contribution in [0.2, 0.25) is 5.02 Å². The first-order valence-electron chi connectivity index (χ1n) is 3.18. The Bertz CT molecular complexity index is 327. The van der Waals surface area contributed by atoms with E-state index in [-0.39, 0.29) is 5.84 Å². The number of nitrogens with zero attached hydrogens (tertiary/aromatic N) is 1. The summed E-state index contributed by atoms with van der Waals surface area (Å²) in [5, 5.41) is 11.5. The van der Waals surface area contributed by atoms with Crippen molar-refractivity contribution in [1.82, 2.24) is 0 Å². The van der Waals surface area contributed by atoms with Gasteiger partial charge in [-0.2, -0.15) is 0 Å². The average Bonchev–Trinajstić information content (AvgIpc) is 2.03. The summed E-state index contributed by atoms with van der Waals surface area (Å²) in [6.07, 6.45) is 0. The highest BCUT2D eigenvalue weighted by atomic mass is 35.5. The van der Waals surface area contributed by atoms with Crippen LogP contribution in [0.25, 0.3) is 0 Å². The van der Waals surface area contributed by atoms with Gasteiger partial charge in [0, 0.05) is 5.56 Å². The summed E-state index contributed by atoms with van der Waals surface area (Å²) >= 11 is 5.75. The minimum Gasteiger partial charge on any atom is -0.409 e. The van der Waals surface area contributed by atoms with Crippen molar-refractivity contribution in [2.75, 3.05) is 0 Å². The molecule has 1 aromatic carbocycles. The Balaban J connectivity index is 3.18. The largest absolute Gasteiger partial charge is 0.409 e. The molecule has 0 aliphatic rings. The fourth-order valence-corrected chi connectivity index (χ4v) is 1.08. The van der Waals surface area contributed by atoms with Crippen LogP contribution in [0.15, 0.2) is 23.4 Å². The quantitative estimate of drug-likeness (QED) is 0.214. The van der Waals surface area contributed by atoms with Gasteiger partial charge in [-0.25, -0.2) is 0 Å². The molecule has 0 fully saturated rings. The second-order valence-corrected chi connectivity index (χ2v) is 2.63. The summed E-state index contributed by atoms with van der Waals surface area (Å²) < 4.78 is 0. The molecule has 0 aromatic heterocycles. The highest BCUT2D eigenvalue weighted by molar-refractivity contribution is 6.38. The van der Waals surface area contributed by atoms with Crippen LogP contribution < -0.4 is 11.2 Å². The molecule has 0 heterocycles. The first-order chi connectivity index (χ1) is 5.65. The van der Waals surface area contributed by atoms with Crippen molar-refractivity contribution >= 4 is 30.7 Å². The van der Waals surface area contributed by atoms with E-state index < -0.39 is 0 Å². The molecule has 1 rings (SSSR count). The van der Waals surface area contributed by atoms with Crippen LogP contribution in [0.5, 0.6) is 0 Å². The fourth-order valence-electron chi connectivity index (χ4n) is 0.793. The van der Waals surface area contributed by atoms with Crippen molar-refractivity contribution in [2.45, 2.75) is 0 Å². The second kappa shape index (κ2) is 3.49. The molecule has 3 N–H and O–H groups in total. The monoisotopic (exact) mass is 180 g/mol. The lowest BCUT2D eigenvalue weighted by Crippen LogP contribution is -2.15. The summed E-state index contributed by atoms with van der Waals surface area (Å²) in [4.78, 5) is 0. The minimum absolute atomic E-state index is 0.0278. The Labute approximate surface area is 76.2 Å². The molecule has 0 aliphatic carbocycles. The number of oxime groups is 1. The average molecular weight is 180 g/mol.